The summed E-state index contributed by atoms with van der Waals surface area (Å²) in [7, 11) is 0. The Labute approximate surface area is 354 Å². The van der Waals surface area contributed by atoms with Crippen LogP contribution in [0.1, 0.15) is 69.5 Å². The molecule has 2 heterocycles. The molecule has 1 aliphatic rings. The molecule has 22 nitrogen and oxygen atoms in total. The van der Waals surface area contributed by atoms with Crippen LogP contribution < -0.4 is 43.4 Å². The van der Waals surface area contributed by atoms with Gasteiger partial charge in [-0.1, -0.05) is 42.5 Å². The molecule has 11 N–H and O–H groups in total. The van der Waals surface area contributed by atoms with E-state index in [2.05, 4.69) is 47.2 Å². The average Bonchev–Trinajstić information content (AvgIpc) is 3.69. The monoisotopic (exact) mass is 856 g/mol. The predicted molar refractivity (Wildman–Crippen MR) is 220 cm³/mol. The molecular weight excluding hydrogens is 797 g/mol. The van der Waals surface area contributed by atoms with Gasteiger partial charge in [-0.3, -0.25) is 38.6 Å². The zero-order chi connectivity index (χ0) is 44.4. The summed E-state index contributed by atoms with van der Waals surface area (Å²) in [5.74, 6) is -5.85. The number of aliphatic carboxylic acids is 1. The first-order valence-corrected chi connectivity index (χ1v) is 20.4. The molecule has 2 aromatic rings. The Kier molecular flexibility index (Phi) is 22.2. The molecule has 61 heavy (non-hydrogen) atoms. The Morgan fingerprint density at radius 3 is 2.21 bits per heavy atom. The van der Waals surface area contributed by atoms with Crippen LogP contribution in [0.5, 0.6) is 0 Å². The summed E-state index contributed by atoms with van der Waals surface area (Å²) < 4.78 is 12.6. The van der Waals surface area contributed by atoms with Gasteiger partial charge in [0, 0.05) is 45.2 Å². The molecule has 1 aromatic heterocycles. The van der Waals surface area contributed by atoms with Crippen LogP contribution in [-0.4, -0.2) is 138 Å². The normalized spacial score (nSPS) is 18.9. The molecule has 22 heteroatoms. The Morgan fingerprint density at radius 1 is 0.852 bits per heavy atom. The highest BCUT2D eigenvalue weighted by atomic mass is 16.5. The number of nitrogens with zero attached hydrogens (tertiary/aromatic N) is 4. The van der Waals surface area contributed by atoms with Gasteiger partial charge in [0.25, 0.3) is 0 Å². The number of amides is 6. The number of nitrogens with one attached hydrogen (secondary N) is 6. The van der Waals surface area contributed by atoms with Crippen LogP contribution in [0.25, 0.3) is 0 Å². The summed E-state index contributed by atoms with van der Waals surface area (Å²) in [5, 5.41) is 33.2. The van der Waals surface area contributed by atoms with Gasteiger partial charge in [-0.05, 0) is 44.1 Å². The van der Waals surface area contributed by atoms with Crippen molar-refractivity contribution in [3.8, 4) is 0 Å². The molecule has 0 spiro atoms. The van der Waals surface area contributed by atoms with Crippen LogP contribution in [0, 0.1) is 0 Å². The number of carbonyl (C=O) groups is 7. The van der Waals surface area contributed by atoms with Crippen molar-refractivity contribution in [2.75, 3.05) is 46.1 Å². The molecule has 0 saturated carbocycles. The smallest absolute Gasteiger partial charge is 0.305 e. The summed E-state index contributed by atoms with van der Waals surface area (Å²) in [6.07, 6.45) is 3.52. The predicted octanol–water partition coefficient (Wildman–Crippen LogP) is -2.22. The number of aromatic nitrogens is 3. The van der Waals surface area contributed by atoms with Crippen molar-refractivity contribution in [3.05, 3.63) is 47.8 Å². The van der Waals surface area contributed by atoms with Gasteiger partial charge in [0.1, 0.15) is 24.2 Å². The second-order valence-corrected chi connectivity index (χ2v) is 14.3. The molecule has 1 saturated heterocycles. The summed E-state index contributed by atoms with van der Waals surface area (Å²) in [4.78, 5) is 95.6. The standard InChI is InChI=1S/C39H60N12O10/c1-2-18-60-20-21-61-19-17-51-25-27(49-50-51)13-14-32(52)42-15-7-6-11-29-36(57)46-28(12-8-16-43-39(40)41)35(56)44-24-33(53)45-31(23-34(54)55)38(59)48-30(37(58)47-29)22-26-9-4-3-5-10-26/h3-5,9-10,25,28-31H,2,6-8,11-24H2,1H3,(H,42,52)(H,44,56)(H,45,53)(H,46,57)(H,47,58)(H,48,59)(H,54,55)(H4,40,41,43)/t28-,29+,30+,31-/m0/s1. The van der Waals surface area contributed by atoms with Gasteiger partial charge in [0.05, 0.1) is 45.0 Å². The van der Waals surface area contributed by atoms with Crippen LogP contribution >= 0.6 is 0 Å². The van der Waals surface area contributed by atoms with Crippen molar-refractivity contribution in [1.82, 2.24) is 46.9 Å². The highest BCUT2D eigenvalue weighted by Crippen LogP contribution is 2.10. The third kappa shape index (κ3) is 20.1. The highest BCUT2D eigenvalue weighted by Gasteiger charge is 2.33. The van der Waals surface area contributed by atoms with E-state index in [1.165, 1.54) is 0 Å². The van der Waals surface area contributed by atoms with Crippen LogP contribution in [0.15, 0.2) is 41.5 Å². The number of carbonyl (C=O) groups excluding carboxylic acids is 6. The number of ether oxygens (including phenoxy) is 2. The molecule has 1 fully saturated rings. The maximum Gasteiger partial charge on any atom is 0.305 e. The first-order chi connectivity index (χ1) is 29.3. The summed E-state index contributed by atoms with van der Waals surface area (Å²) >= 11 is 0. The number of rotatable bonds is 24. The zero-order valence-electron chi connectivity index (χ0n) is 34.6. The van der Waals surface area contributed by atoms with Gasteiger partial charge >= 0.3 is 5.97 Å². The molecule has 0 unspecified atom stereocenters. The van der Waals surface area contributed by atoms with Crippen molar-refractivity contribution < 1.29 is 48.1 Å². The third-order valence-corrected chi connectivity index (χ3v) is 9.20. The lowest BCUT2D eigenvalue weighted by Crippen LogP contribution is -2.58. The maximum absolute atomic E-state index is 13.9. The number of hydrogen-bond acceptors (Lipinski definition) is 12. The minimum absolute atomic E-state index is 0.0419. The molecule has 1 aromatic carbocycles. The summed E-state index contributed by atoms with van der Waals surface area (Å²) in [6, 6.07) is 3.37. The molecule has 0 aliphatic carbocycles. The minimum Gasteiger partial charge on any atom is -0.481 e. The number of guanidine groups is 1. The zero-order valence-corrected chi connectivity index (χ0v) is 34.6. The van der Waals surface area contributed by atoms with E-state index in [1.807, 2.05) is 6.92 Å². The lowest BCUT2D eigenvalue weighted by atomic mass is 10.0. The topological polar surface area (TPSA) is 325 Å². The van der Waals surface area contributed by atoms with Crippen molar-refractivity contribution in [2.45, 2.75) is 102 Å². The van der Waals surface area contributed by atoms with Crippen LogP contribution in [0.2, 0.25) is 0 Å². The molecule has 4 atom stereocenters. The number of hydrogen-bond donors (Lipinski definition) is 9. The summed E-state index contributed by atoms with van der Waals surface area (Å²) in [6.45, 7) is 4.45. The lowest BCUT2D eigenvalue weighted by molar-refractivity contribution is -0.141. The van der Waals surface area contributed by atoms with Crippen LogP contribution in [0.3, 0.4) is 0 Å². The first-order valence-electron chi connectivity index (χ1n) is 20.4. The van der Waals surface area contributed by atoms with E-state index < -0.39 is 72.6 Å². The molecular formula is C39H60N12O10. The second kappa shape index (κ2) is 27.6. The van der Waals surface area contributed by atoms with Gasteiger partial charge in [0.2, 0.25) is 35.4 Å². The van der Waals surface area contributed by atoms with Gasteiger partial charge in [-0.25, -0.2) is 4.68 Å². The number of aryl methyl sites for hydroxylation is 1. The minimum atomic E-state index is -1.60. The first kappa shape index (κ1) is 49.2. The fourth-order valence-corrected chi connectivity index (χ4v) is 6.06. The Hall–Kier alpha value is -6.16. The van der Waals surface area contributed by atoms with Crippen molar-refractivity contribution in [2.24, 2.45) is 16.5 Å². The van der Waals surface area contributed by atoms with E-state index >= 15 is 0 Å². The molecule has 6 amide bonds. The number of carboxylic acids is 1. The van der Waals surface area contributed by atoms with E-state index in [1.54, 1.807) is 41.2 Å². The van der Waals surface area contributed by atoms with Crippen molar-refractivity contribution in [3.63, 3.8) is 0 Å². The number of aliphatic imine (C=N–C) groups is 1. The van der Waals surface area contributed by atoms with E-state index in [4.69, 9.17) is 20.9 Å². The van der Waals surface area contributed by atoms with E-state index in [9.17, 15) is 38.7 Å². The third-order valence-electron chi connectivity index (χ3n) is 9.20. The van der Waals surface area contributed by atoms with E-state index in [-0.39, 0.29) is 57.1 Å². The number of unbranched alkanes of at least 4 members (excludes halogenated alkanes) is 1. The SMILES string of the molecule is CCCOCCOCCn1cc(CCC(=O)NCCCC[C@H]2NC(=O)[C@@H](Cc3ccccc3)NC(=O)[C@H](CC(=O)O)NC(=O)CNC(=O)[C@H](CCCN=C(N)N)NC2=O)nn1. The van der Waals surface area contributed by atoms with Gasteiger partial charge < -0.3 is 57.9 Å². The average molecular weight is 857 g/mol. The number of carboxylic acid groups (broad SMARTS) is 1. The second-order valence-electron chi connectivity index (χ2n) is 14.3. The largest absolute Gasteiger partial charge is 0.481 e. The Balaban J connectivity index is 1.68. The van der Waals surface area contributed by atoms with Crippen LogP contribution in [0.4, 0.5) is 0 Å². The fraction of sp³-hybridized carbons (Fsp3) is 0.590. The molecule has 336 valence electrons. The van der Waals surface area contributed by atoms with Gasteiger partial charge in [0.15, 0.2) is 5.96 Å². The van der Waals surface area contributed by atoms with Gasteiger partial charge in [-0.2, -0.15) is 0 Å². The molecule has 1 aliphatic heterocycles. The number of benzene rings is 1. The highest BCUT2D eigenvalue weighted by molar-refractivity contribution is 5.98. The molecule has 0 radical (unpaired) electrons. The van der Waals surface area contributed by atoms with Gasteiger partial charge in [-0.15, -0.1) is 5.10 Å². The quantitative estimate of drug-likeness (QED) is 0.0307. The molecule has 3 rings (SSSR count). The van der Waals surface area contributed by atoms with Crippen molar-refractivity contribution in [1.29, 1.82) is 0 Å². The maximum atomic E-state index is 13.9. The Morgan fingerprint density at radius 2 is 1.51 bits per heavy atom. The number of nitrogens with two attached hydrogens (primary N) is 2. The molecule has 0 bridgehead atoms. The van der Waals surface area contributed by atoms with Crippen molar-refractivity contribution >= 4 is 47.4 Å². The van der Waals surface area contributed by atoms with E-state index in [0.717, 1.165) is 6.42 Å². The fourth-order valence-electron chi connectivity index (χ4n) is 6.06. The lowest BCUT2D eigenvalue weighted by Gasteiger charge is -2.26. The van der Waals surface area contributed by atoms with Crippen LogP contribution in [-0.2, 0) is 62.4 Å². The Bertz CT molecular complexity index is 1750. The summed E-state index contributed by atoms with van der Waals surface area (Å²) in [5.41, 5.74) is 12.1. The van der Waals surface area contributed by atoms with E-state index in [0.29, 0.717) is 63.5 Å².